The van der Waals surface area contributed by atoms with Crippen LogP contribution in [0.15, 0.2) is 41.8 Å². The van der Waals surface area contributed by atoms with Crippen molar-refractivity contribution in [3.05, 3.63) is 48.0 Å². The van der Waals surface area contributed by atoms with E-state index in [0.717, 1.165) is 22.7 Å². The van der Waals surface area contributed by atoms with Gasteiger partial charge < -0.3 is 4.43 Å². The maximum Gasteiger partial charge on any atom is 0.274 e. The summed E-state index contributed by atoms with van der Waals surface area (Å²) in [5, 5.41) is 0. The van der Waals surface area contributed by atoms with E-state index in [1.165, 1.54) is 0 Å². The van der Waals surface area contributed by atoms with Gasteiger partial charge in [0.05, 0.1) is 18.1 Å². The lowest BCUT2D eigenvalue weighted by Gasteiger charge is -2.11. The van der Waals surface area contributed by atoms with Crippen LogP contribution < -0.4 is 4.43 Å². The number of hydrogen-bond acceptors (Lipinski definition) is 4. The van der Waals surface area contributed by atoms with Crippen molar-refractivity contribution >= 4 is 20.9 Å². The predicted molar refractivity (Wildman–Crippen MR) is 78.6 cm³/mol. The molecule has 97 valence electrons. The second kappa shape index (κ2) is 6.24. The Labute approximate surface area is 114 Å². The van der Waals surface area contributed by atoms with Gasteiger partial charge in [0.1, 0.15) is 11.4 Å². The fourth-order valence-electron chi connectivity index (χ4n) is 1.54. The van der Waals surface area contributed by atoms with Crippen LogP contribution in [0.4, 0.5) is 5.69 Å². The molecular weight excluding hydrogens is 254 g/mol. The van der Waals surface area contributed by atoms with Crippen molar-refractivity contribution in [2.24, 2.45) is 4.99 Å². The number of nitrogens with zero attached hydrogens (tertiary/aromatic N) is 3. The van der Waals surface area contributed by atoms with Crippen LogP contribution in [0.3, 0.4) is 0 Å². The van der Waals surface area contributed by atoms with Crippen LogP contribution in [-0.4, -0.2) is 25.2 Å². The fraction of sp³-hybridized carbons (Fsp3) is 0.214. The summed E-state index contributed by atoms with van der Waals surface area (Å²) in [5.41, 5.74) is 2.71. The summed E-state index contributed by atoms with van der Waals surface area (Å²) in [6.45, 7) is 6.24. The molecule has 1 aromatic carbocycles. The molecule has 1 heterocycles. The van der Waals surface area contributed by atoms with Gasteiger partial charge in [-0.3, -0.25) is 15.0 Å². The molecule has 19 heavy (non-hydrogen) atoms. The third-order valence-corrected chi connectivity index (χ3v) is 2.98. The van der Waals surface area contributed by atoms with E-state index in [4.69, 9.17) is 4.43 Å². The molecule has 2 rings (SSSR count). The summed E-state index contributed by atoms with van der Waals surface area (Å²) >= 11 is 0. The zero-order valence-electron chi connectivity index (χ0n) is 11.3. The smallest absolute Gasteiger partial charge is 0.274 e. The van der Waals surface area contributed by atoms with Gasteiger partial charge in [0, 0.05) is 12.4 Å². The molecule has 0 atom stereocenters. The molecule has 0 N–H and O–H groups in total. The third-order valence-electron chi connectivity index (χ3n) is 2.35. The highest BCUT2D eigenvalue weighted by Gasteiger charge is 2.06. The Kier molecular flexibility index (Phi) is 4.41. The first-order valence-electron chi connectivity index (χ1n) is 6.04. The molecule has 0 bridgehead atoms. The Balaban J connectivity index is 2.26. The molecule has 5 heteroatoms. The minimum absolute atomic E-state index is 0.729. The molecular formula is C14H16N3OSi. The lowest BCUT2D eigenvalue weighted by atomic mass is 10.2. The third kappa shape index (κ3) is 3.99. The molecule has 1 radical (unpaired) electrons. The molecule has 0 amide bonds. The summed E-state index contributed by atoms with van der Waals surface area (Å²) < 4.78 is 5.87. The van der Waals surface area contributed by atoms with Crippen molar-refractivity contribution in [1.29, 1.82) is 0 Å². The maximum absolute atomic E-state index is 5.87. The van der Waals surface area contributed by atoms with E-state index in [1.807, 2.05) is 25.1 Å². The highest BCUT2D eigenvalue weighted by atomic mass is 28.3. The van der Waals surface area contributed by atoms with E-state index >= 15 is 0 Å². The van der Waals surface area contributed by atoms with Crippen molar-refractivity contribution in [2.45, 2.75) is 20.0 Å². The van der Waals surface area contributed by atoms with Crippen LogP contribution in [0.2, 0.25) is 13.1 Å². The van der Waals surface area contributed by atoms with E-state index in [9.17, 15) is 0 Å². The highest BCUT2D eigenvalue weighted by molar-refractivity contribution is 6.49. The normalized spacial score (nSPS) is 11.2. The molecule has 0 saturated carbocycles. The number of aromatic nitrogens is 2. The number of rotatable bonds is 4. The Hall–Kier alpha value is -2.01. The minimum atomic E-state index is -0.809. The first-order valence-corrected chi connectivity index (χ1v) is 8.45. The summed E-state index contributed by atoms with van der Waals surface area (Å²) in [7, 11) is -0.809. The topological polar surface area (TPSA) is 47.4 Å². The fourth-order valence-corrected chi connectivity index (χ4v) is 2.15. The van der Waals surface area contributed by atoms with Crippen molar-refractivity contribution in [1.82, 2.24) is 9.97 Å². The Bertz CT molecular complexity index is 570. The molecule has 2 aromatic rings. The van der Waals surface area contributed by atoms with Gasteiger partial charge >= 0.3 is 0 Å². The van der Waals surface area contributed by atoms with Gasteiger partial charge in [0.15, 0.2) is 0 Å². The van der Waals surface area contributed by atoms with Crippen molar-refractivity contribution in [3.8, 4) is 5.75 Å². The molecule has 0 fully saturated rings. The highest BCUT2D eigenvalue weighted by Crippen LogP contribution is 2.28. The van der Waals surface area contributed by atoms with Crippen LogP contribution in [-0.2, 0) is 0 Å². The summed E-state index contributed by atoms with van der Waals surface area (Å²) in [5.74, 6) is 0.832. The molecule has 0 aliphatic carbocycles. The van der Waals surface area contributed by atoms with Crippen LogP contribution in [0.25, 0.3) is 0 Å². The Morgan fingerprint density at radius 3 is 2.79 bits per heavy atom. The number of hydrogen-bond donors (Lipinski definition) is 0. The lowest BCUT2D eigenvalue weighted by Crippen LogP contribution is -2.11. The van der Waals surface area contributed by atoms with Gasteiger partial charge in [0.25, 0.3) is 9.04 Å². The summed E-state index contributed by atoms with van der Waals surface area (Å²) in [4.78, 5) is 12.6. The largest absolute Gasteiger partial charge is 0.541 e. The van der Waals surface area contributed by atoms with Crippen LogP contribution in [0, 0.1) is 6.92 Å². The molecule has 0 unspecified atom stereocenters. The maximum atomic E-state index is 5.87. The first kappa shape index (κ1) is 13.4. The molecule has 0 aliphatic rings. The average molecular weight is 270 g/mol. The predicted octanol–water partition coefficient (Wildman–Crippen LogP) is 3.17. The molecule has 0 saturated heterocycles. The number of aryl methyl sites for hydroxylation is 1. The van der Waals surface area contributed by atoms with Gasteiger partial charge in [-0.05, 0) is 37.7 Å². The SMILES string of the molecule is Cc1ccc(N=Cc2cnccn2)c(O[Si](C)C)c1. The van der Waals surface area contributed by atoms with E-state index < -0.39 is 9.04 Å². The lowest BCUT2D eigenvalue weighted by molar-refractivity contribution is 0.581. The second-order valence-electron chi connectivity index (χ2n) is 4.37. The van der Waals surface area contributed by atoms with Crippen molar-refractivity contribution in [2.75, 3.05) is 0 Å². The van der Waals surface area contributed by atoms with E-state index in [-0.39, 0.29) is 0 Å². The molecule has 4 nitrogen and oxygen atoms in total. The van der Waals surface area contributed by atoms with Crippen molar-refractivity contribution in [3.63, 3.8) is 0 Å². The van der Waals surface area contributed by atoms with Gasteiger partial charge in [0.2, 0.25) is 0 Å². The zero-order valence-corrected chi connectivity index (χ0v) is 12.3. The monoisotopic (exact) mass is 270 g/mol. The zero-order chi connectivity index (χ0) is 13.7. The summed E-state index contributed by atoms with van der Waals surface area (Å²) in [6, 6.07) is 6.00. The van der Waals surface area contributed by atoms with E-state index in [2.05, 4.69) is 28.1 Å². The quantitative estimate of drug-likeness (QED) is 0.633. The minimum Gasteiger partial charge on any atom is -0.541 e. The van der Waals surface area contributed by atoms with E-state index in [0.29, 0.717) is 0 Å². The standard InChI is InChI=1S/C14H16N3OSi/c1-11-4-5-13(14(8-11)18-19(2)3)17-10-12-9-15-6-7-16-12/h4-10H,1-3H3. The average Bonchev–Trinajstić information content (AvgIpc) is 2.38. The molecule has 0 spiro atoms. The molecule has 1 aromatic heterocycles. The molecule has 0 aliphatic heterocycles. The first-order chi connectivity index (χ1) is 9.15. The number of benzene rings is 1. The van der Waals surface area contributed by atoms with E-state index in [1.54, 1.807) is 24.8 Å². The second-order valence-corrected chi connectivity index (χ2v) is 6.39. The Morgan fingerprint density at radius 2 is 2.11 bits per heavy atom. The van der Waals surface area contributed by atoms with Gasteiger partial charge in [-0.2, -0.15) is 0 Å². The van der Waals surface area contributed by atoms with Gasteiger partial charge in [-0.15, -0.1) is 0 Å². The Morgan fingerprint density at radius 1 is 1.26 bits per heavy atom. The van der Waals surface area contributed by atoms with Gasteiger partial charge in [-0.25, -0.2) is 0 Å². The summed E-state index contributed by atoms with van der Waals surface area (Å²) in [6.07, 6.45) is 6.66. The van der Waals surface area contributed by atoms with Gasteiger partial charge in [-0.1, -0.05) is 6.07 Å². The van der Waals surface area contributed by atoms with Crippen LogP contribution in [0.1, 0.15) is 11.3 Å². The van der Waals surface area contributed by atoms with Crippen molar-refractivity contribution < 1.29 is 4.43 Å². The van der Waals surface area contributed by atoms with Crippen LogP contribution in [0.5, 0.6) is 5.75 Å². The van der Waals surface area contributed by atoms with Crippen LogP contribution >= 0.6 is 0 Å². The number of aliphatic imine (C=N–C) groups is 1.